The van der Waals surface area contributed by atoms with Crippen molar-refractivity contribution >= 4 is 33.3 Å². The molecule has 1 aromatic rings. The summed E-state index contributed by atoms with van der Waals surface area (Å²) in [7, 11) is 0. The Morgan fingerprint density at radius 1 is 1.57 bits per heavy atom. The highest BCUT2D eigenvalue weighted by Crippen LogP contribution is 2.22. The van der Waals surface area contributed by atoms with E-state index in [2.05, 4.69) is 27.8 Å². The molecule has 0 unspecified atom stereocenters. The Labute approximate surface area is 96.6 Å². The molecule has 0 amide bonds. The first-order valence-electron chi connectivity index (χ1n) is 4.03. The van der Waals surface area contributed by atoms with Crippen LogP contribution in [-0.2, 0) is 0 Å². The summed E-state index contributed by atoms with van der Waals surface area (Å²) in [6, 6.07) is 5.19. The summed E-state index contributed by atoms with van der Waals surface area (Å²) in [6.45, 7) is 1.70. The van der Waals surface area contributed by atoms with Crippen LogP contribution < -0.4 is 0 Å². The minimum absolute atomic E-state index is 0.0446. The lowest BCUT2D eigenvalue weighted by Gasteiger charge is -2.00. The fourth-order valence-electron chi connectivity index (χ4n) is 0.980. The molecule has 1 rings (SSSR count). The maximum atomic E-state index is 11.5. The van der Waals surface area contributed by atoms with Crippen LogP contribution in [0.15, 0.2) is 22.7 Å². The van der Waals surface area contributed by atoms with Crippen LogP contribution in [0.4, 0.5) is 0 Å². The van der Waals surface area contributed by atoms with Crippen LogP contribution in [0.1, 0.15) is 23.7 Å². The maximum absolute atomic E-state index is 11.5. The van der Waals surface area contributed by atoms with Gasteiger partial charge < -0.3 is 0 Å². The third-order valence-corrected chi connectivity index (χ3v) is 2.46. The zero-order valence-electron chi connectivity index (χ0n) is 7.60. The average Bonchev–Trinajstić information content (AvgIpc) is 2.14. The van der Waals surface area contributed by atoms with Crippen molar-refractivity contribution in [2.75, 3.05) is 0 Å². The van der Waals surface area contributed by atoms with Gasteiger partial charge in [-0.25, -0.2) is 0 Å². The second-order valence-corrected chi connectivity index (χ2v) is 3.97. The summed E-state index contributed by atoms with van der Waals surface area (Å²) < 4.78 is 0.862. The van der Waals surface area contributed by atoms with Crippen LogP contribution >= 0.6 is 27.5 Å². The zero-order chi connectivity index (χ0) is 10.6. The summed E-state index contributed by atoms with van der Waals surface area (Å²) in [4.78, 5) is 11.5. The maximum Gasteiger partial charge on any atom is 0.176 e. The zero-order valence-corrected chi connectivity index (χ0v) is 9.95. The Morgan fingerprint density at radius 3 is 2.86 bits per heavy atom. The van der Waals surface area contributed by atoms with Crippen LogP contribution in [-0.4, -0.2) is 5.78 Å². The Morgan fingerprint density at radius 2 is 2.29 bits per heavy atom. The lowest BCUT2D eigenvalue weighted by Crippen LogP contribution is -1.98. The Kier molecular flexibility index (Phi) is 4.19. The highest BCUT2D eigenvalue weighted by Gasteiger charge is 2.08. The normalized spacial score (nSPS) is 9.07. The van der Waals surface area contributed by atoms with Gasteiger partial charge >= 0.3 is 0 Å². The molecule has 0 heterocycles. The van der Waals surface area contributed by atoms with Gasteiger partial charge in [-0.1, -0.05) is 33.5 Å². The molecule has 0 fully saturated rings. The molecule has 0 aliphatic heterocycles. The van der Waals surface area contributed by atoms with Crippen molar-refractivity contribution in [1.29, 1.82) is 0 Å². The first kappa shape index (κ1) is 11.3. The molecule has 0 aliphatic carbocycles. The van der Waals surface area contributed by atoms with Gasteiger partial charge in [0.1, 0.15) is 0 Å². The van der Waals surface area contributed by atoms with Crippen LogP contribution in [0.5, 0.6) is 0 Å². The summed E-state index contributed by atoms with van der Waals surface area (Å²) in [5.41, 5.74) is 0.526. The van der Waals surface area contributed by atoms with Crippen molar-refractivity contribution in [3.63, 3.8) is 0 Å². The number of Topliss-reactive ketones (excluding diaryl/α,β-unsaturated/α-hetero) is 1. The minimum atomic E-state index is -0.0446. The SMILES string of the molecule is CC#CCC(=O)c1ccc(Br)cc1Cl. The van der Waals surface area contributed by atoms with E-state index in [0.29, 0.717) is 10.6 Å². The Bertz CT molecular complexity index is 415. The van der Waals surface area contributed by atoms with Gasteiger partial charge in [-0.2, -0.15) is 0 Å². The highest BCUT2D eigenvalue weighted by molar-refractivity contribution is 9.10. The number of carbonyl (C=O) groups excluding carboxylic acids is 1. The van der Waals surface area contributed by atoms with Crippen molar-refractivity contribution in [3.8, 4) is 11.8 Å². The predicted octanol–water partition coefficient (Wildman–Crippen LogP) is 3.70. The lowest BCUT2D eigenvalue weighted by atomic mass is 10.1. The Hall–Kier alpha value is -0.780. The van der Waals surface area contributed by atoms with Crippen LogP contribution in [0.2, 0.25) is 5.02 Å². The lowest BCUT2D eigenvalue weighted by molar-refractivity contribution is 0.0998. The molecule has 1 nitrogen and oxygen atoms in total. The number of benzene rings is 1. The van der Waals surface area contributed by atoms with Crippen molar-refractivity contribution in [2.24, 2.45) is 0 Å². The molecule has 3 heteroatoms. The van der Waals surface area contributed by atoms with E-state index in [-0.39, 0.29) is 12.2 Å². The van der Waals surface area contributed by atoms with Gasteiger partial charge in [0.25, 0.3) is 0 Å². The van der Waals surface area contributed by atoms with E-state index in [4.69, 9.17) is 11.6 Å². The predicted molar refractivity (Wildman–Crippen MR) is 61.5 cm³/mol. The molecule has 0 aliphatic rings. The van der Waals surface area contributed by atoms with Crippen molar-refractivity contribution in [3.05, 3.63) is 33.3 Å². The summed E-state index contributed by atoms with van der Waals surface area (Å²) in [6.07, 6.45) is 0.220. The van der Waals surface area contributed by atoms with E-state index in [1.807, 2.05) is 0 Å². The minimum Gasteiger partial charge on any atom is -0.293 e. The largest absolute Gasteiger partial charge is 0.293 e. The second-order valence-electron chi connectivity index (χ2n) is 2.65. The van der Waals surface area contributed by atoms with Crippen molar-refractivity contribution in [1.82, 2.24) is 0 Å². The molecule has 0 saturated heterocycles. The number of ketones is 1. The van der Waals surface area contributed by atoms with Gasteiger partial charge in [0.05, 0.1) is 11.4 Å². The topological polar surface area (TPSA) is 17.1 Å². The van der Waals surface area contributed by atoms with E-state index in [1.54, 1.807) is 25.1 Å². The quantitative estimate of drug-likeness (QED) is 0.592. The van der Waals surface area contributed by atoms with Gasteiger partial charge in [-0.3, -0.25) is 4.79 Å². The van der Waals surface area contributed by atoms with E-state index >= 15 is 0 Å². The molecule has 0 atom stereocenters. The number of carbonyl (C=O) groups is 1. The van der Waals surface area contributed by atoms with Crippen molar-refractivity contribution < 1.29 is 4.79 Å². The molecule has 0 spiro atoms. The number of halogens is 2. The number of hydrogen-bond donors (Lipinski definition) is 0. The molecule has 14 heavy (non-hydrogen) atoms. The highest BCUT2D eigenvalue weighted by atomic mass is 79.9. The van der Waals surface area contributed by atoms with Gasteiger partial charge in [-0.15, -0.1) is 5.92 Å². The first-order valence-corrected chi connectivity index (χ1v) is 5.20. The summed E-state index contributed by atoms with van der Waals surface area (Å²) >= 11 is 9.18. The average molecular weight is 272 g/mol. The van der Waals surface area contributed by atoms with E-state index < -0.39 is 0 Å². The van der Waals surface area contributed by atoms with E-state index in [1.165, 1.54) is 0 Å². The fraction of sp³-hybridized carbons (Fsp3) is 0.182. The fourth-order valence-corrected chi connectivity index (χ4v) is 1.76. The molecule has 0 aromatic heterocycles. The first-order chi connectivity index (χ1) is 6.65. The number of rotatable bonds is 2. The summed E-state index contributed by atoms with van der Waals surface area (Å²) in [5, 5.41) is 0.460. The molecular formula is C11H8BrClO. The summed E-state index contributed by atoms with van der Waals surface area (Å²) in [5.74, 6) is 5.35. The van der Waals surface area contributed by atoms with E-state index in [0.717, 1.165) is 4.47 Å². The molecule has 72 valence electrons. The third-order valence-electron chi connectivity index (χ3n) is 1.66. The van der Waals surface area contributed by atoms with Gasteiger partial charge in [0.2, 0.25) is 0 Å². The van der Waals surface area contributed by atoms with Crippen LogP contribution in [0, 0.1) is 11.8 Å². The monoisotopic (exact) mass is 270 g/mol. The van der Waals surface area contributed by atoms with Gasteiger partial charge in [-0.05, 0) is 25.1 Å². The smallest absolute Gasteiger partial charge is 0.176 e. The molecular weight excluding hydrogens is 263 g/mol. The molecule has 0 saturated carbocycles. The van der Waals surface area contributed by atoms with Gasteiger partial charge in [0, 0.05) is 10.0 Å². The van der Waals surface area contributed by atoms with Crippen LogP contribution in [0.25, 0.3) is 0 Å². The molecule has 0 N–H and O–H groups in total. The second kappa shape index (κ2) is 5.19. The van der Waals surface area contributed by atoms with E-state index in [9.17, 15) is 4.79 Å². The molecule has 1 aromatic carbocycles. The number of hydrogen-bond acceptors (Lipinski definition) is 1. The Balaban J connectivity index is 2.94. The van der Waals surface area contributed by atoms with Crippen molar-refractivity contribution in [2.45, 2.75) is 13.3 Å². The molecule has 0 bridgehead atoms. The standard InChI is InChI=1S/C11H8BrClO/c1-2-3-4-11(14)9-6-5-8(12)7-10(9)13/h5-7H,4H2,1H3. The molecule has 0 radical (unpaired) electrons. The van der Waals surface area contributed by atoms with Crippen LogP contribution in [0.3, 0.4) is 0 Å². The third kappa shape index (κ3) is 2.87. The van der Waals surface area contributed by atoms with Gasteiger partial charge in [0.15, 0.2) is 5.78 Å².